The summed E-state index contributed by atoms with van der Waals surface area (Å²) in [6.07, 6.45) is 5.10. The van der Waals surface area contributed by atoms with Crippen molar-refractivity contribution in [1.82, 2.24) is 4.90 Å². The molecule has 0 aromatic heterocycles. The highest BCUT2D eigenvalue weighted by Gasteiger charge is 2.38. The summed E-state index contributed by atoms with van der Waals surface area (Å²) in [7, 11) is 0. The van der Waals surface area contributed by atoms with Crippen molar-refractivity contribution >= 4 is 17.4 Å². The highest BCUT2D eigenvalue weighted by Crippen LogP contribution is 2.45. The van der Waals surface area contributed by atoms with E-state index >= 15 is 0 Å². The number of allylic oxidation sites excluding steroid dienone is 1. The van der Waals surface area contributed by atoms with E-state index < -0.39 is 0 Å². The first-order chi connectivity index (χ1) is 15.6. The lowest BCUT2D eigenvalue weighted by molar-refractivity contribution is 0.0722. The number of carbonyl (C=O) groups is 1. The second-order valence-electron chi connectivity index (χ2n) is 8.90. The number of likely N-dealkylation sites (tertiary alicyclic amines) is 1. The number of piperidine rings is 1. The number of nitrogen functional groups attached to an aromatic ring is 1. The van der Waals surface area contributed by atoms with E-state index in [-0.39, 0.29) is 11.5 Å². The zero-order valence-electron chi connectivity index (χ0n) is 18.2. The smallest absolute Gasteiger partial charge is 0.410 e. The normalized spacial score (nSPS) is 16.9. The molecule has 0 saturated carbocycles. The van der Waals surface area contributed by atoms with Crippen LogP contribution in [0.5, 0.6) is 0 Å². The number of hydrogen-bond donors (Lipinski definition) is 1. The molecule has 1 aliphatic carbocycles. The summed E-state index contributed by atoms with van der Waals surface area (Å²) in [5.41, 5.74) is 12.9. The molecule has 1 saturated heterocycles. The van der Waals surface area contributed by atoms with Gasteiger partial charge in [0.1, 0.15) is 6.61 Å². The van der Waals surface area contributed by atoms with Crippen LogP contribution in [0.3, 0.4) is 0 Å². The largest absolute Gasteiger partial charge is 0.445 e. The van der Waals surface area contributed by atoms with Gasteiger partial charge in [-0.3, -0.25) is 0 Å². The van der Waals surface area contributed by atoms with E-state index in [0.29, 0.717) is 19.7 Å². The molecule has 0 unspecified atom stereocenters. The molecule has 162 valence electrons. The van der Waals surface area contributed by atoms with Crippen molar-refractivity contribution in [2.45, 2.75) is 25.9 Å². The Morgan fingerprint density at radius 1 is 0.906 bits per heavy atom. The Balaban J connectivity index is 1.33. The summed E-state index contributed by atoms with van der Waals surface area (Å²) in [5, 5.41) is 0. The van der Waals surface area contributed by atoms with Gasteiger partial charge in [-0.05, 0) is 64.6 Å². The van der Waals surface area contributed by atoms with Crippen LogP contribution in [-0.4, -0.2) is 24.1 Å². The van der Waals surface area contributed by atoms with Crippen LogP contribution in [0, 0.1) is 5.41 Å². The fraction of sp³-hybridized carbons (Fsp3) is 0.250. The first-order valence-corrected chi connectivity index (χ1v) is 11.2. The standard InChI is InChI=1S/C28H28N2O2/c29-24-12-10-22(11-13-24)26-19-28(18-23-8-4-5-9-25(23)26)14-16-30(17-15-28)27(31)32-20-21-6-2-1-3-7-21/h1-13,19H,14-18,20,29H2. The number of ether oxygens (including phenoxy) is 1. The molecule has 1 amide bonds. The van der Waals surface area contributed by atoms with Crippen molar-refractivity contribution in [3.8, 4) is 0 Å². The van der Waals surface area contributed by atoms with Gasteiger partial charge in [-0.1, -0.05) is 72.8 Å². The van der Waals surface area contributed by atoms with Crippen molar-refractivity contribution in [3.05, 3.63) is 107 Å². The van der Waals surface area contributed by atoms with Crippen LogP contribution < -0.4 is 5.73 Å². The van der Waals surface area contributed by atoms with Crippen molar-refractivity contribution < 1.29 is 9.53 Å². The summed E-state index contributed by atoms with van der Waals surface area (Å²) in [5.74, 6) is 0. The van der Waals surface area contributed by atoms with Crippen molar-refractivity contribution in [2.75, 3.05) is 18.8 Å². The van der Waals surface area contributed by atoms with E-state index in [1.807, 2.05) is 47.4 Å². The molecule has 1 fully saturated rings. The maximum atomic E-state index is 12.6. The third-order valence-corrected chi connectivity index (χ3v) is 6.74. The molecule has 2 aliphatic rings. The predicted octanol–water partition coefficient (Wildman–Crippen LogP) is 5.68. The van der Waals surface area contributed by atoms with Gasteiger partial charge in [0, 0.05) is 18.8 Å². The third-order valence-electron chi connectivity index (χ3n) is 6.74. The zero-order chi connectivity index (χ0) is 22.0. The summed E-state index contributed by atoms with van der Waals surface area (Å²) >= 11 is 0. The molecule has 3 aromatic carbocycles. The van der Waals surface area contributed by atoms with Crippen molar-refractivity contribution in [1.29, 1.82) is 0 Å². The first-order valence-electron chi connectivity index (χ1n) is 11.2. The molecule has 3 aromatic rings. The average Bonchev–Trinajstić information content (AvgIpc) is 2.84. The number of fused-ring (bicyclic) bond motifs is 1. The highest BCUT2D eigenvalue weighted by atomic mass is 16.6. The Morgan fingerprint density at radius 2 is 1.59 bits per heavy atom. The van der Waals surface area contributed by atoms with Crippen LogP contribution in [0.15, 0.2) is 84.9 Å². The zero-order valence-corrected chi connectivity index (χ0v) is 18.2. The minimum absolute atomic E-state index is 0.0568. The average molecular weight is 425 g/mol. The van der Waals surface area contributed by atoms with E-state index in [4.69, 9.17) is 10.5 Å². The summed E-state index contributed by atoms with van der Waals surface area (Å²) in [6.45, 7) is 1.73. The fourth-order valence-electron chi connectivity index (χ4n) is 4.92. The Hall–Kier alpha value is -3.53. The lowest BCUT2D eigenvalue weighted by atomic mass is 9.67. The molecule has 1 aliphatic heterocycles. The lowest BCUT2D eigenvalue weighted by Gasteiger charge is -2.43. The monoisotopic (exact) mass is 424 g/mol. The van der Waals surface area contributed by atoms with Gasteiger partial charge in [0.15, 0.2) is 0 Å². The first kappa shape index (κ1) is 20.4. The molecule has 32 heavy (non-hydrogen) atoms. The molecule has 0 atom stereocenters. The number of carbonyl (C=O) groups excluding carboxylic acids is 1. The van der Waals surface area contributed by atoms with Crippen LogP contribution in [0.25, 0.3) is 5.57 Å². The van der Waals surface area contributed by atoms with Crippen LogP contribution in [-0.2, 0) is 17.8 Å². The maximum Gasteiger partial charge on any atom is 0.410 e. The van der Waals surface area contributed by atoms with E-state index in [0.717, 1.165) is 30.5 Å². The Labute approximate surface area is 189 Å². The number of nitrogens with two attached hydrogens (primary N) is 1. The maximum absolute atomic E-state index is 12.6. The van der Waals surface area contributed by atoms with E-state index in [1.54, 1.807) is 0 Å². The van der Waals surface area contributed by atoms with Gasteiger partial charge in [-0.2, -0.15) is 0 Å². The van der Waals surface area contributed by atoms with Gasteiger partial charge < -0.3 is 15.4 Å². The van der Waals surface area contributed by atoms with Crippen molar-refractivity contribution in [3.63, 3.8) is 0 Å². The molecular weight excluding hydrogens is 396 g/mol. The molecule has 1 heterocycles. The molecule has 5 rings (SSSR count). The number of rotatable bonds is 3. The van der Waals surface area contributed by atoms with E-state index in [9.17, 15) is 4.79 Å². The SMILES string of the molecule is Nc1ccc(C2=CC3(CCN(C(=O)OCc4ccccc4)CC3)Cc3ccccc32)cc1. The Morgan fingerprint density at radius 3 is 2.34 bits per heavy atom. The molecule has 0 bridgehead atoms. The highest BCUT2D eigenvalue weighted by molar-refractivity contribution is 5.84. The lowest BCUT2D eigenvalue weighted by Crippen LogP contribution is -2.44. The number of amides is 1. The number of anilines is 1. The second-order valence-corrected chi connectivity index (χ2v) is 8.90. The molecule has 4 nitrogen and oxygen atoms in total. The predicted molar refractivity (Wildman–Crippen MR) is 128 cm³/mol. The van der Waals surface area contributed by atoms with Gasteiger partial charge in [0.05, 0.1) is 0 Å². The van der Waals surface area contributed by atoms with Gasteiger partial charge in [-0.15, -0.1) is 0 Å². The molecular formula is C28H28N2O2. The summed E-state index contributed by atoms with van der Waals surface area (Å²) < 4.78 is 5.56. The number of hydrogen-bond acceptors (Lipinski definition) is 3. The third kappa shape index (κ3) is 4.13. The van der Waals surface area contributed by atoms with Crippen LogP contribution in [0.1, 0.15) is 35.1 Å². The van der Waals surface area contributed by atoms with Gasteiger partial charge in [0.25, 0.3) is 0 Å². The van der Waals surface area contributed by atoms with Crippen LogP contribution >= 0.6 is 0 Å². The quantitative estimate of drug-likeness (QED) is 0.551. The molecule has 2 N–H and O–H groups in total. The van der Waals surface area contributed by atoms with Crippen molar-refractivity contribution in [2.24, 2.45) is 5.41 Å². The molecule has 1 spiro atoms. The number of nitrogens with zero attached hydrogens (tertiary/aromatic N) is 1. The van der Waals surface area contributed by atoms with Crippen LogP contribution in [0.4, 0.5) is 10.5 Å². The van der Waals surface area contributed by atoms with Gasteiger partial charge in [0.2, 0.25) is 0 Å². The Bertz CT molecular complexity index is 1130. The minimum Gasteiger partial charge on any atom is -0.445 e. The summed E-state index contributed by atoms with van der Waals surface area (Å²) in [4.78, 5) is 14.5. The number of benzene rings is 3. The van der Waals surface area contributed by atoms with E-state index in [1.165, 1.54) is 22.3 Å². The van der Waals surface area contributed by atoms with Crippen LogP contribution in [0.2, 0.25) is 0 Å². The second kappa shape index (κ2) is 8.54. The summed E-state index contributed by atoms with van der Waals surface area (Å²) in [6, 6.07) is 26.6. The molecule has 4 heteroatoms. The minimum atomic E-state index is -0.220. The Kier molecular flexibility index (Phi) is 5.44. The van der Waals surface area contributed by atoms with Gasteiger partial charge >= 0.3 is 6.09 Å². The fourth-order valence-corrected chi connectivity index (χ4v) is 4.92. The topological polar surface area (TPSA) is 55.6 Å². The van der Waals surface area contributed by atoms with E-state index in [2.05, 4.69) is 42.5 Å². The van der Waals surface area contributed by atoms with Gasteiger partial charge in [-0.25, -0.2) is 4.79 Å². The molecule has 0 radical (unpaired) electrons.